The van der Waals surface area contributed by atoms with Crippen molar-refractivity contribution in [3.63, 3.8) is 0 Å². The van der Waals surface area contributed by atoms with Gasteiger partial charge in [0.05, 0.1) is 10.7 Å². The first-order valence-corrected chi connectivity index (χ1v) is 6.49. The van der Waals surface area contributed by atoms with E-state index in [9.17, 15) is 4.79 Å². The SMILES string of the molecule is O=C(NC1CC1)c1ccc(-c2ncccc2Cl)cn1. The molecule has 0 bridgehead atoms. The average Bonchev–Trinajstić information content (AvgIpc) is 3.23. The highest BCUT2D eigenvalue weighted by molar-refractivity contribution is 6.33. The van der Waals surface area contributed by atoms with Gasteiger partial charge in [-0.05, 0) is 37.1 Å². The van der Waals surface area contributed by atoms with E-state index in [-0.39, 0.29) is 5.91 Å². The summed E-state index contributed by atoms with van der Waals surface area (Å²) in [4.78, 5) is 20.2. The molecule has 2 heterocycles. The minimum atomic E-state index is -0.124. The zero-order chi connectivity index (χ0) is 13.2. The first kappa shape index (κ1) is 12.1. The number of halogens is 1. The van der Waals surface area contributed by atoms with Crippen molar-refractivity contribution in [3.8, 4) is 11.3 Å². The van der Waals surface area contributed by atoms with Crippen molar-refractivity contribution < 1.29 is 4.79 Å². The van der Waals surface area contributed by atoms with E-state index < -0.39 is 0 Å². The number of pyridine rings is 2. The number of carbonyl (C=O) groups excluding carboxylic acids is 1. The van der Waals surface area contributed by atoms with Crippen molar-refractivity contribution in [2.75, 3.05) is 0 Å². The lowest BCUT2D eigenvalue weighted by Crippen LogP contribution is -2.26. The van der Waals surface area contributed by atoms with E-state index in [2.05, 4.69) is 15.3 Å². The molecule has 0 unspecified atom stereocenters. The van der Waals surface area contributed by atoms with Crippen LogP contribution < -0.4 is 5.32 Å². The van der Waals surface area contributed by atoms with Crippen LogP contribution in [0.15, 0.2) is 36.7 Å². The maximum atomic E-state index is 11.8. The summed E-state index contributed by atoms with van der Waals surface area (Å²) in [7, 11) is 0. The summed E-state index contributed by atoms with van der Waals surface area (Å²) in [5, 5.41) is 3.47. The number of hydrogen-bond donors (Lipinski definition) is 1. The van der Waals surface area contributed by atoms with E-state index in [1.807, 2.05) is 6.07 Å². The Morgan fingerprint density at radius 1 is 1.26 bits per heavy atom. The van der Waals surface area contributed by atoms with E-state index in [0.717, 1.165) is 18.4 Å². The van der Waals surface area contributed by atoms with Crippen LogP contribution in [0.1, 0.15) is 23.3 Å². The number of amides is 1. The second-order valence-corrected chi connectivity index (χ2v) is 4.92. The Balaban J connectivity index is 1.82. The van der Waals surface area contributed by atoms with Gasteiger partial charge in [0, 0.05) is 24.0 Å². The number of hydrogen-bond acceptors (Lipinski definition) is 3. The van der Waals surface area contributed by atoms with Crippen molar-refractivity contribution >= 4 is 17.5 Å². The van der Waals surface area contributed by atoms with Crippen LogP contribution in [0.2, 0.25) is 5.02 Å². The summed E-state index contributed by atoms with van der Waals surface area (Å²) in [6.07, 6.45) is 5.42. The Kier molecular flexibility index (Phi) is 3.17. The second-order valence-electron chi connectivity index (χ2n) is 4.51. The van der Waals surface area contributed by atoms with Crippen LogP contribution in [0.4, 0.5) is 0 Å². The molecule has 2 aromatic rings. The van der Waals surface area contributed by atoms with Gasteiger partial charge >= 0.3 is 0 Å². The predicted molar refractivity (Wildman–Crippen MR) is 73.0 cm³/mol. The molecule has 4 nitrogen and oxygen atoms in total. The molecule has 1 aliphatic carbocycles. The van der Waals surface area contributed by atoms with Gasteiger partial charge in [-0.3, -0.25) is 14.8 Å². The molecular weight excluding hydrogens is 262 g/mol. The predicted octanol–water partition coefficient (Wildman–Crippen LogP) is 2.69. The first-order chi connectivity index (χ1) is 9.24. The van der Waals surface area contributed by atoms with Crippen LogP contribution in [-0.2, 0) is 0 Å². The van der Waals surface area contributed by atoms with E-state index in [0.29, 0.717) is 22.5 Å². The van der Waals surface area contributed by atoms with Gasteiger partial charge < -0.3 is 5.32 Å². The summed E-state index contributed by atoms with van der Waals surface area (Å²) in [5.74, 6) is -0.124. The quantitative estimate of drug-likeness (QED) is 0.935. The Labute approximate surface area is 115 Å². The van der Waals surface area contributed by atoms with Gasteiger partial charge in [0.15, 0.2) is 0 Å². The van der Waals surface area contributed by atoms with Gasteiger partial charge in [-0.1, -0.05) is 11.6 Å². The zero-order valence-electron chi connectivity index (χ0n) is 10.1. The molecule has 1 N–H and O–H groups in total. The standard InChI is InChI=1S/C14H12ClN3O/c15-11-2-1-7-16-13(11)9-3-6-12(17-8-9)14(19)18-10-4-5-10/h1-3,6-8,10H,4-5H2,(H,18,19). The number of nitrogens with one attached hydrogen (secondary N) is 1. The topological polar surface area (TPSA) is 54.9 Å². The van der Waals surface area contributed by atoms with Crippen molar-refractivity contribution in [1.29, 1.82) is 0 Å². The minimum Gasteiger partial charge on any atom is -0.348 e. The monoisotopic (exact) mass is 273 g/mol. The highest BCUT2D eigenvalue weighted by Crippen LogP contribution is 2.24. The van der Waals surface area contributed by atoms with Gasteiger partial charge in [0.2, 0.25) is 0 Å². The molecule has 0 atom stereocenters. The van der Waals surface area contributed by atoms with Crippen LogP contribution in [0.25, 0.3) is 11.3 Å². The normalized spacial score (nSPS) is 14.2. The number of nitrogens with zero attached hydrogens (tertiary/aromatic N) is 2. The van der Waals surface area contributed by atoms with Crippen molar-refractivity contribution in [2.45, 2.75) is 18.9 Å². The molecule has 1 fully saturated rings. The molecule has 1 aliphatic rings. The third-order valence-electron chi connectivity index (χ3n) is 2.94. The summed E-state index contributed by atoms with van der Waals surface area (Å²) in [5.41, 5.74) is 1.89. The Hall–Kier alpha value is -1.94. The molecule has 1 amide bonds. The summed E-state index contributed by atoms with van der Waals surface area (Å²) >= 11 is 6.07. The highest BCUT2D eigenvalue weighted by Gasteiger charge is 2.24. The fourth-order valence-corrected chi connectivity index (χ4v) is 1.98. The van der Waals surface area contributed by atoms with E-state index in [1.54, 1.807) is 30.6 Å². The fourth-order valence-electron chi connectivity index (χ4n) is 1.75. The minimum absolute atomic E-state index is 0.124. The highest BCUT2D eigenvalue weighted by atomic mass is 35.5. The number of carbonyl (C=O) groups is 1. The first-order valence-electron chi connectivity index (χ1n) is 6.12. The van der Waals surface area contributed by atoms with Crippen LogP contribution in [0, 0.1) is 0 Å². The third-order valence-corrected chi connectivity index (χ3v) is 3.25. The Morgan fingerprint density at radius 2 is 2.11 bits per heavy atom. The van der Waals surface area contributed by atoms with Crippen molar-refractivity contribution in [2.24, 2.45) is 0 Å². The molecular formula is C14H12ClN3O. The Bertz CT molecular complexity index is 608. The van der Waals surface area contributed by atoms with E-state index >= 15 is 0 Å². The maximum absolute atomic E-state index is 11.8. The molecule has 0 saturated heterocycles. The number of aromatic nitrogens is 2. The molecule has 19 heavy (non-hydrogen) atoms. The summed E-state index contributed by atoms with van der Waals surface area (Å²) in [6.45, 7) is 0. The molecule has 0 aliphatic heterocycles. The average molecular weight is 274 g/mol. The van der Waals surface area contributed by atoms with Crippen LogP contribution in [-0.4, -0.2) is 21.9 Å². The van der Waals surface area contributed by atoms with Gasteiger partial charge in [-0.15, -0.1) is 0 Å². The summed E-state index contributed by atoms with van der Waals surface area (Å²) in [6, 6.07) is 7.38. The molecule has 96 valence electrons. The fraction of sp³-hybridized carbons (Fsp3) is 0.214. The van der Waals surface area contributed by atoms with Crippen molar-refractivity contribution in [3.05, 3.63) is 47.4 Å². The molecule has 1 saturated carbocycles. The van der Waals surface area contributed by atoms with Gasteiger partial charge in [0.25, 0.3) is 5.91 Å². The lowest BCUT2D eigenvalue weighted by atomic mass is 10.2. The molecule has 0 radical (unpaired) electrons. The zero-order valence-corrected chi connectivity index (χ0v) is 10.9. The van der Waals surface area contributed by atoms with Crippen LogP contribution in [0.5, 0.6) is 0 Å². The van der Waals surface area contributed by atoms with Crippen LogP contribution in [0.3, 0.4) is 0 Å². The number of rotatable bonds is 3. The molecule has 5 heteroatoms. The molecule has 2 aromatic heterocycles. The van der Waals surface area contributed by atoms with Crippen molar-refractivity contribution in [1.82, 2.24) is 15.3 Å². The third kappa shape index (κ3) is 2.74. The van der Waals surface area contributed by atoms with E-state index in [1.165, 1.54) is 0 Å². The molecule has 3 rings (SSSR count). The molecule has 0 spiro atoms. The lowest BCUT2D eigenvalue weighted by molar-refractivity contribution is 0.0946. The Morgan fingerprint density at radius 3 is 2.74 bits per heavy atom. The van der Waals surface area contributed by atoms with Gasteiger partial charge in [0.1, 0.15) is 5.69 Å². The van der Waals surface area contributed by atoms with Gasteiger partial charge in [-0.25, -0.2) is 0 Å². The summed E-state index contributed by atoms with van der Waals surface area (Å²) < 4.78 is 0. The van der Waals surface area contributed by atoms with Gasteiger partial charge in [-0.2, -0.15) is 0 Å². The maximum Gasteiger partial charge on any atom is 0.270 e. The molecule has 0 aromatic carbocycles. The largest absolute Gasteiger partial charge is 0.348 e. The van der Waals surface area contributed by atoms with E-state index in [4.69, 9.17) is 11.6 Å². The lowest BCUT2D eigenvalue weighted by Gasteiger charge is -2.05. The van der Waals surface area contributed by atoms with Crippen LogP contribution >= 0.6 is 11.6 Å². The second kappa shape index (κ2) is 4.97. The smallest absolute Gasteiger partial charge is 0.270 e.